The van der Waals surface area contributed by atoms with Gasteiger partial charge in [0.15, 0.2) is 5.82 Å². The van der Waals surface area contributed by atoms with Gasteiger partial charge in [-0.2, -0.15) is 4.98 Å². The molecule has 1 aliphatic heterocycles. The third-order valence-corrected chi connectivity index (χ3v) is 3.12. The van der Waals surface area contributed by atoms with E-state index in [0.29, 0.717) is 18.1 Å². The molecule has 0 saturated carbocycles. The second-order valence-corrected chi connectivity index (χ2v) is 4.62. The highest BCUT2D eigenvalue weighted by Gasteiger charge is 2.41. The van der Waals surface area contributed by atoms with Crippen molar-refractivity contribution in [2.24, 2.45) is 0 Å². The Bertz CT molecular complexity index is 484. The average Bonchev–Trinajstić information content (AvgIpc) is 2.71. The summed E-state index contributed by atoms with van der Waals surface area (Å²) in [5, 5.41) is 6.45. The van der Waals surface area contributed by atoms with E-state index in [9.17, 15) is 9.59 Å². The Morgan fingerprint density at radius 2 is 2.22 bits per heavy atom. The number of rotatable bonds is 3. The molecule has 98 valence electrons. The minimum absolute atomic E-state index is 0.0298. The van der Waals surface area contributed by atoms with Crippen molar-refractivity contribution in [1.82, 2.24) is 20.4 Å². The maximum absolute atomic E-state index is 12.3. The van der Waals surface area contributed by atoms with Crippen molar-refractivity contribution in [2.45, 2.75) is 39.3 Å². The van der Waals surface area contributed by atoms with E-state index in [4.69, 9.17) is 4.52 Å². The summed E-state index contributed by atoms with van der Waals surface area (Å²) in [5.41, 5.74) is -0.839. The van der Waals surface area contributed by atoms with Gasteiger partial charge in [0.1, 0.15) is 12.1 Å². The number of piperazine rings is 1. The first-order valence-corrected chi connectivity index (χ1v) is 5.84. The summed E-state index contributed by atoms with van der Waals surface area (Å²) in [4.78, 5) is 29.4. The first-order valence-electron chi connectivity index (χ1n) is 5.84. The van der Waals surface area contributed by atoms with Gasteiger partial charge in [-0.05, 0) is 13.3 Å². The van der Waals surface area contributed by atoms with Crippen LogP contribution in [0.4, 0.5) is 0 Å². The van der Waals surface area contributed by atoms with Gasteiger partial charge in [-0.15, -0.1) is 0 Å². The number of aryl methyl sites for hydroxylation is 1. The van der Waals surface area contributed by atoms with E-state index in [-0.39, 0.29) is 24.9 Å². The van der Waals surface area contributed by atoms with E-state index in [1.165, 1.54) is 4.90 Å². The third kappa shape index (κ3) is 2.20. The normalized spacial score (nSPS) is 24.3. The molecule has 1 fully saturated rings. The van der Waals surface area contributed by atoms with Crippen molar-refractivity contribution < 1.29 is 14.1 Å². The topological polar surface area (TPSA) is 88.3 Å². The molecule has 1 unspecified atom stereocenters. The Labute approximate surface area is 105 Å². The number of aromatic nitrogens is 2. The van der Waals surface area contributed by atoms with Gasteiger partial charge in [0.2, 0.25) is 17.7 Å². The lowest BCUT2D eigenvalue weighted by Gasteiger charge is -2.38. The van der Waals surface area contributed by atoms with Gasteiger partial charge in [-0.25, -0.2) is 0 Å². The summed E-state index contributed by atoms with van der Waals surface area (Å²) >= 11 is 0. The summed E-state index contributed by atoms with van der Waals surface area (Å²) in [7, 11) is 0. The molecule has 1 aromatic rings. The Balaban J connectivity index is 2.17. The maximum Gasteiger partial charge on any atom is 0.248 e. The third-order valence-electron chi connectivity index (χ3n) is 3.12. The molecule has 2 rings (SSSR count). The summed E-state index contributed by atoms with van der Waals surface area (Å²) < 4.78 is 4.85. The van der Waals surface area contributed by atoms with Gasteiger partial charge in [0.25, 0.3) is 0 Å². The van der Waals surface area contributed by atoms with Crippen molar-refractivity contribution >= 4 is 11.8 Å². The highest BCUT2D eigenvalue weighted by Crippen LogP contribution is 2.18. The standard InChI is InChI=1S/C11H16N4O3/c1-4-11(3)10(17)15(6-9(16)13-11)5-8-12-7(2)18-14-8/h4-6H2,1-3H3,(H,13,16). The predicted octanol–water partition coefficient (Wildman–Crippen LogP) is 0.00512. The van der Waals surface area contributed by atoms with Crippen LogP contribution in [-0.4, -0.2) is 38.9 Å². The summed E-state index contributed by atoms with van der Waals surface area (Å²) in [6, 6.07) is 0. The molecule has 1 N–H and O–H groups in total. The van der Waals surface area contributed by atoms with E-state index in [1.807, 2.05) is 6.92 Å². The monoisotopic (exact) mass is 252 g/mol. The molecule has 0 aromatic carbocycles. The number of hydrogen-bond donors (Lipinski definition) is 1. The first-order chi connectivity index (χ1) is 8.44. The van der Waals surface area contributed by atoms with Gasteiger partial charge < -0.3 is 14.7 Å². The Kier molecular flexibility index (Phi) is 3.06. The van der Waals surface area contributed by atoms with Crippen molar-refractivity contribution in [2.75, 3.05) is 6.54 Å². The van der Waals surface area contributed by atoms with Gasteiger partial charge in [-0.3, -0.25) is 9.59 Å². The van der Waals surface area contributed by atoms with Crippen molar-refractivity contribution in [3.8, 4) is 0 Å². The Hall–Kier alpha value is -1.92. The summed E-state index contributed by atoms with van der Waals surface area (Å²) in [6.45, 7) is 5.49. The van der Waals surface area contributed by atoms with E-state index >= 15 is 0 Å². The molecule has 1 aromatic heterocycles. The quantitative estimate of drug-likeness (QED) is 0.818. The number of nitrogens with zero attached hydrogens (tertiary/aromatic N) is 3. The van der Waals surface area contributed by atoms with Crippen LogP contribution in [0.1, 0.15) is 32.0 Å². The fourth-order valence-electron chi connectivity index (χ4n) is 1.94. The second-order valence-electron chi connectivity index (χ2n) is 4.62. The molecule has 1 atom stereocenters. The molecule has 0 spiro atoms. The second kappa shape index (κ2) is 4.40. The molecule has 2 amide bonds. The molecule has 0 radical (unpaired) electrons. The summed E-state index contributed by atoms with van der Waals surface area (Å²) in [6.07, 6.45) is 0.541. The van der Waals surface area contributed by atoms with Gasteiger partial charge in [-0.1, -0.05) is 12.1 Å². The van der Waals surface area contributed by atoms with Crippen molar-refractivity contribution in [1.29, 1.82) is 0 Å². The maximum atomic E-state index is 12.3. The van der Waals surface area contributed by atoms with Gasteiger partial charge >= 0.3 is 0 Å². The zero-order valence-electron chi connectivity index (χ0n) is 10.7. The van der Waals surface area contributed by atoms with Crippen LogP contribution < -0.4 is 5.32 Å². The molecule has 2 heterocycles. The molecule has 7 heteroatoms. The number of carbonyl (C=O) groups excluding carboxylic acids is 2. The minimum atomic E-state index is -0.839. The number of carbonyl (C=O) groups is 2. The van der Waals surface area contributed by atoms with E-state index < -0.39 is 5.54 Å². The fraction of sp³-hybridized carbons (Fsp3) is 0.636. The molecule has 7 nitrogen and oxygen atoms in total. The van der Waals surface area contributed by atoms with Crippen molar-refractivity contribution in [3.63, 3.8) is 0 Å². The van der Waals surface area contributed by atoms with Crippen LogP contribution in [0.5, 0.6) is 0 Å². The largest absolute Gasteiger partial charge is 0.340 e. The first kappa shape index (κ1) is 12.5. The minimum Gasteiger partial charge on any atom is -0.340 e. The lowest BCUT2D eigenvalue weighted by atomic mass is 9.94. The molecule has 1 saturated heterocycles. The van der Waals surface area contributed by atoms with E-state index in [0.717, 1.165) is 0 Å². The number of nitrogens with one attached hydrogen (secondary N) is 1. The van der Waals surface area contributed by atoms with Crippen molar-refractivity contribution in [3.05, 3.63) is 11.7 Å². The van der Waals surface area contributed by atoms with Crippen LogP contribution in [0.2, 0.25) is 0 Å². The number of amides is 2. The van der Waals surface area contributed by atoms with Crippen LogP contribution in [0.25, 0.3) is 0 Å². The van der Waals surface area contributed by atoms with Crippen LogP contribution in [-0.2, 0) is 16.1 Å². The highest BCUT2D eigenvalue weighted by atomic mass is 16.5. The molecule has 0 bridgehead atoms. The van der Waals surface area contributed by atoms with Gasteiger partial charge in [0.05, 0.1) is 6.54 Å². The Morgan fingerprint density at radius 3 is 2.78 bits per heavy atom. The molecule has 18 heavy (non-hydrogen) atoms. The van der Waals surface area contributed by atoms with Crippen LogP contribution in [0.3, 0.4) is 0 Å². The molecular weight excluding hydrogens is 236 g/mol. The summed E-state index contributed by atoms with van der Waals surface area (Å²) in [5.74, 6) is 0.567. The predicted molar refractivity (Wildman–Crippen MR) is 61.3 cm³/mol. The highest BCUT2D eigenvalue weighted by molar-refractivity contribution is 5.97. The smallest absolute Gasteiger partial charge is 0.248 e. The van der Waals surface area contributed by atoms with Crippen LogP contribution >= 0.6 is 0 Å². The van der Waals surface area contributed by atoms with E-state index in [2.05, 4.69) is 15.5 Å². The fourth-order valence-corrected chi connectivity index (χ4v) is 1.94. The zero-order chi connectivity index (χ0) is 13.3. The van der Waals surface area contributed by atoms with E-state index in [1.54, 1.807) is 13.8 Å². The number of hydrogen-bond acceptors (Lipinski definition) is 5. The van der Waals surface area contributed by atoms with Gasteiger partial charge in [0, 0.05) is 6.92 Å². The lowest BCUT2D eigenvalue weighted by molar-refractivity contribution is -0.150. The average molecular weight is 252 g/mol. The zero-order valence-corrected chi connectivity index (χ0v) is 10.7. The molecular formula is C11H16N4O3. The molecule has 0 aliphatic carbocycles. The van der Waals surface area contributed by atoms with Crippen LogP contribution in [0.15, 0.2) is 4.52 Å². The Morgan fingerprint density at radius 1 is 1.50 bits per heavy atom. The van der Waals surface area contributed by atoms with Crippen LogP contribution in [0, 0.1) is 6.92 Å². The lowest BCUT2D eigenvalue weighted by Crippen LogP contribution is -2.64. The molecule has 1 aliphatic rings. The SMILES string of the molecule is CCC1(C)NC(=O)CN(Cc2noc(C)n2)C1=O.